The zero-order chi connectivity index (χ0) is 28.0. The van der Waals surface area contributed by atoms with Crippen LogP contribution in [0.2, 0.25) is 0 Å². The third-order valence-corrected chi connectivity index (χ3v) is 6.58. The van der Waals surface area contributed by atoms with Crippen LogP contribution in [0.1, 0.15) is 130 Å². The predicted octanol–water partition coefficient (Wildman–Crippen LogP) is 10.1. The first kappa shape index (κ1) is 30.3. The van der Waals surface area contributed by atoms with Gasteiger partial charge in [-0.05, 0) is 35.5 Å². The Kier molecular flexibility index (Phi) is 8.46. The van der Waals surface area contributed by atoms with Crippen molar-refractivity contribution >= 4 is 0 Å². The van der Waals surface area contributed by atoms with Crippen LogP contribution in [0.5, 0.6) is 11.5 Å². The first-order chi connectivity index (χ1) is 16.0. The van der Waals surface area contributed by atoms with E-state index in [0.29, 0.717) is 6.29 Å². The van der Waals surface area contributed by atoms with E-state index in [1.165, 1.54) is 33.4 Å². The highest BCUT2D eigenvalue weighted by Crippen LogP contribution is 2.45. The average molecular weight is 494 g/mol. The quantitative estimate of drug-likeness (QED) is 0.412. The second-order valence-corrected chi connectivity index (χ2v) is 15.1. The molecular formula is C34H53O2. The molecule has 0 amide bonds. The molecule has 0 aliphatic rings. The number of ether oxygens (including phenoxy) is 2. The fourth-order valence-corrected chi connectivity index (χ4v) is 4.45. The minimum Gasteiger partial charge on any atom is -0.445 e. The maximum absolute atomic E-state index is 6.91. The summed E-state index contributed by atoms with van der Waals surface area (Å²) in [5.74, 6) is 1.95. The molecule has 0 saturated heterocycles. The molecule has 0 aliphatic heterocycles. The van der Waals surface area contributed by atoms with Gasteiger partial charge in [-0.3, -0.25) is 0 Å². The molecule has 0 N–H and O–H groups in total. The van der Waals surface area contributed by atoms with Crippen LogP contribution in [-0.4, -0.2) is 0 Å². The molecule has 36 heavy (non-hydrogen) atoms. The first-order valence-corrected chi connectivity index (χ1v) is 13.6. The lowest BCUT2D eigenvalue weighted by Gasteiger charge is -2.35. The lowest BCUT2D eigenvalue weighted by atomic mass is 9.78. The van der Waals surface area contributed by atoms with Crippen molar-refractivity contribution in [2.24, 2.45) is 5.92 Å². The number of hydrogen-bond donors (Lipinski definition) is 0. The fourth-order valence-electron chi connectivity index (χ4n) is 4.45. The molecule has 0 bridgehead atoms. The second kappa shape index (κ2) is 10.1. The third-order valence-electron chi connectivity index (χ3n) is 6.58. The Morgan fingerprint density at radius 3 is 0.889 bits per heavy atom. The predicted molar refractivity (Wildman–Crippen MR) is 156 cm³/mol. The van der Waals surface area contributed by atoms with Crippen molar-refractivity contribution in [2.45, 2.75) is 132 Å². The lowest BCUT2D eigenvalue weighted by molar-refractivity contribution is 0.0775. The fraction of sp³-hybridized carbons (Fsp3) is 0.618. The Morgan fingerprint density at radius 1 is 0.500 bits per heavy atom. The van der Waals surface area contributed by atoms with E-state index in [2.05, 4.69) is 135 Å². The largest absolute Gasteiger partial charge is 0.445 e. The molecule has 2 heteroatoms. The lowest BCUT2D eigenvalue weighted by Crippen LogP contribution is -2.28. The van der Waals surface area contributed by atoms with Gasteiger partial charge in [-0.25, -0.2) is 0 Å². The van der Waals surface area contributed by atoms with Crippen LogP contribution in [0, 0.1) is 26.1 Å². The first-order valence-electron chi connectivity index (χ1n) is 13.6. The Bertz CT molecular complexity index is 907. The Hall–Kier alpha value is -1.96. The second-order valence-electron chi connectivity index (χ2n) is 15.1. The van der Waals surface area contributed by atoms with Crippen molar-refractivity contribution in [3.05, 3.63) is 63.9 Å². The van der Waals surface area contributed by atoms with Crippen LogP contribution < -0.4 is 9.47 Å². The average Bonchev–Trinajstić information content (AvgIpc) is 2.65. The summed E-state index contributed by atoms with van der Waals surface area (Å²) in [6.07, 6.45) is 0.648. The molecule has 0 heterocycles. The molecular weight excluding hydrogens is 440 g/mol. The number of rotatable bonds is 5. The standard InChI is InChI=1S/C34H53O2/c1-21(2)30(35-28-24(31(5,6)7)17-22(3)18-25(28)32(8,9)10)36-29-26(33(11,12)13)19-23(4)20-27(29)34(14,15)16/h17-21H,1-16H3. The summed E-state index contributed by atoms with van der Waals surface area (Å²) in [6, 6.07) is 9.09. The summed E-state index contributed by atoms with van der Waals surface area (Å²) in [7, 11) is 0. The van der Waals surface area contributed by atoms with E-state index >= 15 is 0 Å². The Morgan fingerprint density at radius 2 is 0.722 bits per heavy atom. The van der Waals surface area contributed by atoms with Crippen LogP contribution >= 0.6 is 0 Å². The van der Waals surface area contributed by atoms with Gasteiger partial charge in [0.2, 0.25) is 0 Å². The molecule has 2 nitrogen and oxygen atoms in total. The highest BCUT2D eigenvalue weighted by Gasteiger charge is 2.34. The molecule has 0 spiro atoms. The van der Waals surface area contributed by atoms with Crippen molar-refractivity contribution in [2.75, 3.05) is 0 Å². The smallest absolute Gasteiger partial charge is 0.332 e. The molecule has 0 unspecified atom stereocenters. The third kappa shape index (κ3) is 7.08. The maximum atomic E-state index is 6.91. The van der Waals surface area contributed by atoms with Crippen LogP contribution in [0.4, 0.5) is 0 Å². The maximum Gasteiger partial charge on any atom is 0.332 e. The number of benzene rings is 2. The molecule has 2 aromatic carbocycles. The van der Waals surface area contributed by atoms with Crippen molar-refractivity contribution in [1.29, 1.82) is 0 Å². The van der Waals surface area contributed by atoms with Gasteiger partial charge in [0.1, 0.15) is 11.5 Å². The van der Waals surface area contributed by atoms with Gasteiger partial charge in [-0.2, -0.15) is 0 Å². The van der Waals surface area contributed by atoms with Gasteiger partial charge < -0.3 is 9.47 Å². The van der Waals surface area contributed by atoms with Crippen molar-refractivity contribution in [1.82, 2.24) is 0 Å². The summed E-state index contributed by atoms with van der Waals surface area (Å²) in [5, 5.41) is 0. The van der Waals surface area contributed by atoms with E-state index in [9.17, 15) is 0 Å². The van der Waals surface area contributed by atoms with Gasteiger partial charge >= 0.3 is 6.29 Å². The number of aryl methyl sites for hydroxylation is 2. The summed E-state index contributed by atoms with van der Waals surface area (Å²) < 4.78 is 13.8. The molecule has 0 aliphatic carbocycles. The molecule has 2 aromatic rings. The van der Waals surface area contributed by atoms with Gasteiger partial charge in [-0.1, -0.05) is 132 Å². The topological polar surface area (TPSA) is 18.5 Å². The Labute approximate surface area is 223 Å². The van der Waals surface area contributed by atoms with E-state index in [1.807, 2.05) is 0 Å². The molecule has 0 fully saturated rings. The SMILES string of the molecule is Cc1cc(C(C)(C)C)c(O[C](Oc2c(C(C)(C)C)cc(C)cc2C(C)(C)C)C(C)C)c(C(C)(C)C)c1. The van der Waals surface area contributed by atoms with Crippen molar-refractivity contribution in [3.63, 3.8) is 0 Å². The molecule has 0 aromatic heterocycles. The van der Waals surface area contributed by atoms with Crippen molar-refractivity contribution in [3.8, 4) is 11.5 Å². The summed E-state index contributed by atoms with van der Waals surface area (Å²) in [4.78, 5) is 0. The van der Waals surface area contributed by atoms with Gasteiger partial charge in [-0.15, -0.1) is 0 Å². The van der Waals surface area contributed by atoms with E-state index in [1.54, 1.807) is 0 Å². The Balaban J connectivity index is 2.78. The normalized spacial score (nSPS) is 13.5. The minimum atomic E-state index is -0.0690. The van der Waals surface area contributed by atoms with Gasteiger partial charge in [0, 0.05) is 28.2 Å². The van der Waals surface area contributed by atoms with E-state index < -0.39 is 0 Å². The zero-order valence-electron chi connectivity index (χ0n) is 26.2. The van der Waals surface area contributed by atoms with E-state index in [4.69, 9.17) is 9.47 Å². The highest BCUT2D eigenvalue weighted by atomic mass is 16.7. The molecule has 0 atom stereocenters. The summed E-state index contributed by atoms with van der Waals surface area (Å²) in [5.41, 5.74) is 7.09. The number of hydrogen-bond acceptors (Lipinski definition) is 2. The summed E-state index contributed by atoms with van der Waals surface area (Å²) >= 11 is 0. The molecule has 201 valence electrons. The molecule has 0 saturated carbocycles. The van der Waals surface area contributed by atoms with E-state index in [0.717, 1.165) is 11.5 Å². The zero-order valence-corrected chi connectivity index (χ0v) is 26.2. The monoisotopic (exact) mass is 493 g/mol. The van der Waals surface area contributed by atoms with Gasteiger partial charge in [0.15, 0.2) is 0 Å². The van der Waals surface area contributed by atoms with E-state index in [-0.39, 0.29) is 27.6 Å². The van der Waals surface area contributed by atoms with Crippen LogP contribution in [0.25, 0.3) is 0 Å². The molecule has 1 radical (unpaired) electrons. The highest BCUT2D eigenvalue weighted by molar-refractivity contribution is 5.53. The van der Waals surface area contributed by atoms with Crippen LogP contribution in [-0.2, 0) is 21.7 Å². The molecule has 2 rings (SSSR count). The minimum absolute atomic E-state index is 0.0690. The van der Waals surface area contributed by atoms with Crippen LogP contribution in [0.3, 0.4) is 0 Å². The van der Waals surface area contributed by atoms with Gasteiger partial charge in [0.25, 0.3) is 0 Å². The van der Waals surface area contributed by atoms with Gasteiger partial charge in [0.05, 0.1) is 0 Å². The van der Waals surface area contributed by atoms with Crippen LogP contribution in [0.15, 0.2) is 24.3 Å². The summed E-state index contributed by atoms with van der Waals surface area (Å²) in [6.45, 7) is 35.7. The van der Waals surface area contributed by atoms with Crippen molar-refractivity contribution < 1.29 is 9.47 Å².